The number of hydrogen-bond donors (Lipinski definition) is 1. The lowest BCUT2D eigenvalue weighted by atomic mass is 10.0. The average molecular weight is 282 g/mol. The van der Waals surface area contributed by atoms with Crippen LogP contribution in [0.5, 0.6) is 11.5 Å². The van der Waals surface area contributed by atoms with Crippen molar-refractivity contribution in [2.24, 2.45) is 0 Å². The molecule has 0 bridgehead atoms. The Bertz CT molecular complexity index is 428. The van der Waals surface area contributed by atoms with Gasteiger partial charge in [0.15, 0.2) is 0 Å². The molecule has 0 atom stereocenters. The Morgan fingerprint density at radius 1 is 1.21 bits per heavy atom. The van der Waals surface area contributed by atoms with Gasteiger partial charge in [-0.15, -0.1) is 11.8 Å². The summed E-state index contributed by atoms with van der Waals surface area (Å²) in [7, 11) is 3.33. The van der Waals surface area contributed by atoms with Crippen LogP contribution in [-0.2, 0) is 6.42 Å². The maximum atomic E-state index is 10.1. The normalized spacial score (nSPS) is 16.5. The average Bonchev–Trinajstić information content (AvgIpc) is 3.07. The van der Waals surface area contributed by atoms with Gasteiger partial charge in [0.05, 0.1) is 19.8 Å². The van der Waals surface area contributed by atoms with Crippen LogP contribution in [0.4, 0.5) is 0 Å². The van der Waals surface area contributed by atoms with Gasteiger partial charge in [-0.25, -0.2) is 0 Å². The first-order valence-electron chi connectivity index (χ1n) is 6.61. The van der Waals surface area contributed by atoms with E-state index in [1.807, 2.05) is 12.1 Å². The first-order valence-corrected chi connectivity index (χ1v) is 7.49. The van der Waals surface area contributed by atoms with Crippen molar-refractivity contribution in [3.05, 3.63) is 17.7 Å². The topological polar surface area (TPSA) is 38.7 Å². The molecule has 0 unspecified atom stereocenters. The van der Waals surface area contributed by atoms with E-state index in [-0.39, 0.29) is 0 Å². The van der Waals surface area contributed by atoms with Crippen molar-refractivity contribution in [2.45, 2.75) is 48.9 Å². The number of ether oxygens (including phenoxy) is 2. The van der Waals surface area contributed by atoms with Crippen LogP contribution < -0.4 is 9.47 Å². The van der Waals surface area contributed by atoms with Crippen LogP contribution in [0.2, 0.25) is 0 Å². The predicted octanol–water partition coefficient (Wildman–Crippen LogP) is 3.27. The lowest BCUT2D eigenvalue weighted by Gasteiger charge is -2.18. The highest BCUT2D eigenvalue weighted by atomic mass is 32.2. The Labute approximate surface area is 119 Å². The molecule has 0 aromatic heterocycles. The summed E-state index contributed by atoms with van der Waals surface area (Å²) in [6.45, 7) is 4.31. The fraction of sp³-hybridized carbons (Fsp3) is 0.600. The van der Waals surface area contributed by atoms with E-state index in [0.717, 1.165) is 34.8 Å². The summed E-state index contributed by atoms with van der Waals surface area (Å²) in [5.41, 5.74) is 0.422. The maximum Gasteiger partial charge on any atom is 0.126 e. The smallest absolute Gasteiger partial charge is 0.126 e. The van der Waals surface area contributed by atoms with Gasteiger partial charge in [0, 0.05) is 22.1 Å². The third kappa shape index (κ3) is 3.57. The number of hydrogen-bond acceptors (Lipinski definition) is 4. The van der Waals surface area contributed by atoms with E-state index in [1.54, 1.807) is 26.0 Å². The van der Waals surface area contributed by atoms with Crippen LogP contribution in [0, 0.1) is 0 Å². The second-order valence-corrected chi connectivity index (χ2v) is 7.02. The van der Waals surface area contributed by atoms with Crippen molar-refractivity contribution >= 4 is 11.8 Å². The molecule has 0 heterocycles. The highest BCUT2D eigenvalue weighted by Crippen LogP contribution is 2.44. The first kappa shape index (κ1) is 14.5. The largest absolute Gasteiger partial charge is 0.496 e. The van der Waals surface area contributed by atoms with Crippen molar-refractivity contribution in [3.8, 4) is 11.5 Å². The zero-order chi connectivity index (χ0) is 14.0. The van der Waals surface area contributed by atoms with Gasteiger partial charge < -0.3 is 14.6 Å². The van der Waals surface area contributed by atoms with E-state index in [0.29, 0.717) is 11.7 Å². The SMILES string of the molecule is COc1cc(SC(C)C)cc(OC)c1CC1(O)CC1. The number of benzene rings is 1. The predicted molar refractivity (Wildman–Crippen MR) is 78.4 cm³/mol. The number of methoxy groups -OCH3 is 2. The Morgan fingerprint density at radius 2 is 1.74 bits per heavy atom. The van der Waals surface area contributed by atoms with Gasteiger partial charge in [-0.2, -0.15) is 0 Å². The van der Waals surface area contributed by atoms with Crippen LogP contribution in [0.25, 0.3) is 0 Å². The number of thioether (sulfide) groups is 1. The molecule has 2 rings (SSSR count). The van der Waals surface area contributed by atoms with Gasteiger partial charge in [-0.1, -0.05) is 13.8 Å². The first-order chi connectivity index (χ1) is 8.97. The lowest BCUT2D eigenvalue weighted by molar-refractivity contribution is 0.148. The summed E-state index contributed by atoms with van der Waals surface area (Å²) in [6.07, 6.45) is 2.33. The fourth-order valence-electron chi connectivity index (χ4n) is 2.12. The maximum absolute atomic E-state index is 10.1. The fourth-order valence-corrected chi connectivity index (χ4v) is 3.02. The van der Waals surface area contributed by atoms with E-state index in [4.69, 9.17) is 9.47 Å². The minimum atomic E-state index is -0.548. The molecule has 3 nitrogen and oxygen atoms in total. The molecule has 19 heavy (non-hydrogen) atoms. The summed E-state index contributed by atoms with van der Waals surface area (Å²) >= 11 is 1.78. The highest BCUT2D eigenvalue weighted by molar-refractivity contribution is 7.99. The Kier molecular flexibility index (Phi) is 4.31. The standard InChI is InChI=1S/C15H22O3S/c1-10(2)19-11-7-13(17-3)12(14(8-11)18-4)9-15(16)5-6-15/h7-8,10,16H,5-6,9H2,1-4H3. The molecule has 106 valence electrons. The molecular weight excluding hydrogens is 260 g/mol. The van der Waals surface area contributed by atoms with E-state index in [1.165, 1.54) is 0 Å². The van der Waals surface area contributed by atoms with Crippen molar-refractivity contribution < 1.29 is 14.6 Å². The molecule has 1 saturated carbocycles. The molecular formula is C15H22O3S. The summed E-state index contributed by atoms with van der Waals surface area (Å²) in [5.74, 6) is 1.62. The third-order valence-corrected chi connectivity index (χ3v) is 4.27. The zero-order valence-corrected chi connectivity index (χ0v) is 12.8. The molecule has 0 amide bonds. The van der Waals surface area contributed by atoms with Crippen LogP contribution in [0.1, 0.15) is 32.3 Å². The van der Waals surface area contributed by atoms with Crippen LogP contribution in [0.3, 0.4) is 0 Å². The molecule has 1 aromatic rings. The van der Waals surface area contributed by atoms with Gasteiger partial charge >= 0.3 is 0 Å². The van der Waals surface area contributed by atoms with E-state index >= 15 is 0 Å². The molecule has 1 fully saturated rings. The molecule has 4 heteroatoms. The lowest BCUT2D eigenvalue weighted by Crippen LogP contribution is -2.12. The van der Waals surface area contributed by atoms with Gasteiger partial charge in [0.1, 0.15) is 11.5 Å². The quantitative estimate of drug-likeness (QED) is 0.813. The summed E-state index contributed by atoms with van der Waals surface area (Å²) in [6, 6.07) is 4.07. The van der Waals surface area contributed by atoms with E-state index < -0.39 is 5.60 Å². The molecule has 1 aliphatic rings. The monoisotopic (exact) mass is 282 g/mol. The second kappa shape index (κ2) is 5.63. The Morgan fingerprint density at radius 3 is 2.11 bits per heavy atom. The van der Waals surface area contributed by atoms with Gasteiger partial charge in [-0.3, -0.25) is 0 Å². The number of rotatable bonds is 6. The van der Waals surface area contributed by atoms with Crippen molar-refractivity contribution in [1.29, 1.82) is 0 Å². The Hall–Kier alpha value is -0.870. The molecule has 1 aromatic carbocycles. The van der Waals surface area contributed by atoms with E-state index in [2.05, 4.69) is 13.8 Å². The van der Waals surface area contributed by atoms with Crippen LogP contribution in [-0.4, -0.2) is 30.2 Å². The molecule has 0 saturated heterocycles. The van der Waals surface area contributed by atoms with Gasteiger partial charge in [-0.05, 0) is 25.0 Å². The second-order valence-electron chi connectivity index (χ2n) is 5.37. The van der Waals surface area contributed by atoms with Crippen molar-refractivity contribution in [1.82, 2.24) is 0 Å². The van der Waals surface area contributed by atoms with Crippen LogP contribution >= 0.6 is 11.8 Å². The zero-order valence-electron chi connectivity index (χ0n) is 12.0. The molecule has 0 radical (unpaired) electrons. The number of aliphatic hydroxyl groups is 1. The van der Waals surface area contributed by atoms with E-state index in [9.17, 15) is 5.11 Å². The van der Waals surface area contributed by atoms with Gasteiger partial charge in [0.25, 0.3) is 0 Å². The Balaban J connectivity index is 2.34. The molecule has 0 aliphatic heterocycles. The molecule has 1 aliphatic carbocycles. The van der Waals surface area contributed by atoms with Crippen molar-refractivity contribution in [2.75, 3.05) is 14.2 Å². The minimum absolute atomic E-state index is 0.507. The van der Waals surface area contributed by atoms with Crippen molar-refractivity contribution in [3.63, 3.8) is 0 Å². The van der Waals surface area contributed by atoms with Gasteiger partial charge in [0.2, 0.25) is 0 Å². The molecule has 0 spiro atoms. The summed E-state index contributed by atoms with van der Waals surface area (Å²) in [5, 5.41) is 10.6. The van der Waals surface area contributed by atoms with Crippen LogP contribution in [0.15, 0.2) is 17.0 Å². The third-order valence-electron chi connectivity index (χ3n) is 3.29. The highest BCUT2D eigenvalue weighted by Gasteiger charge is 2.41. The summed E-state index contributed by atoms with van der Waals surface area (Å²) in [4.78, 5) is 1.13. The molecule has 1 N–H and O–H groups in total. The minimum Gasteiger partial charge on any atom is -0.496 e. The summed E-state index contributed by atoms with van der Waals surface area (Å²) < 4.78 is 11.0.